The van der Waals surface area contributed by atoms with Gasteiger partial charge in [-0.3, -0.25) is 4.68 Å². The summed E-state index contributed by atoms with van der Waals surface area (Å²) in [5.41, 5.74) is 1.31. The van der Waals surface area contributed by atoms with Crippen LogP contribution in [-0.2, 0) is 16.1 Å². The first-order chi connectivity index (χ1) is 9.46. The lowest BCUT2D eigenvalue weighted by molar-refractivity contribution is -0.150. The molecule has 0 bridgehead atoms. The number of halogens is 1. The van der Waals surface area contributed by atoms with E-state index in [1.54, 1.807) is 0 Å². The molecule has 112 valence electrons. The van der Waals surface area contributed by atoms with Crippen molar-refractivity contribution in [3.8, 4) is 0 Å². The lowest BCUT2D eigenvalue weighted by atomic mass is 9.92. The van der Waals surface area contributed by atoms with Gasteiger partial charge < -0.3 is 10.1 Å². The maximum absolute atomic E-state index is 12.4. The third kappa shape index (κ3) is 2.63. The molecule has 1 N–H and O–H groups in total. The van der Waals surface area contributed by atoms with Crippen LogP contribution < -0.4 is 5.32 Å². The molecule has 1 aromatic heterocycles. The molecule has 6 heteroatoms. The highest BCUT2D eigenvalue weighted by Gasteiger charge is 2.52. The normalized spacial score (nSPS) is 17.9. The highest BCUT2D eigenvalue weighted by molar-refractivity contribution is 9.10. The fourth-order valence-electron chi connectivity index (χ4n) is 2.77. The number of aryl methyl sites for hydroxylation is 1. The van der Waals surface area contributed by atoms with E-state index < -0.39 is 5.54 Å². The molecule has 0 saturated heterocycles. The first-order valence-corrected chi connectivity index (χ1v) is 7.78. The Morgan fingerprint density at radius 3 is 2.60 bits per heavy atom. The van der Waals surface area contributed by atoms with Crippen LogP contribution in [0, 0.1) is 19.8 Å². The van der Waals surface area contributed by atoms with Gasteiger partial charge in [-0.05, 0) is 55.1 Å². The topological polar surface area (TPSA) is 56.2 Å². The molecule has 2 rings (SSSR count). The zero-order valence-corrected chi connectivity index (χ0v) is 14.1. The average molecular weight is 344 g/mol. The summed E-state index contributed by atoms with van der Waals surface area (Å²) in [6, 6.07) is 0. The van der Waals surface area contributed by atoms with Gasteiger partial charge in [-0.1, -0.05) is 6.92 Å². The standard InChI is InChI=1S/C14H22BrN3O2/c1-5-16-14(11-6-7-11,13(19)20-4)8-18-10(3)12(15)9(2)17-18/h11,16H,5-8H2,1-4H3. The summed E-state index contributed by atoms with van der Waals surface area (Å²) in [7, 11) is 1.45. The largest absolute Gasteiger partial charge is 0.468 e. The van der Waals surface area contributed by atoms with Crippen LogP contribution in [0.2, 0.25) is 0 Å². The second kappa shape index (κ2) is 5.85. The molecule has 20 heavy (non-hydrogen) atoms. The van der Waals surface area contributed by atoms with E-state index in [1.165, 1.54) is 7.11 Å². The monoisotopic (exact) mass is 343 g/mol. The Morgan fingerprint density at radius 1 is 1.55 bits per heavy atom. The van der Waals surface area contributed by atoms with Gasteiger partial charge in [0.25, 0.3) is 0 Å². The minimum Gasteiger partial charge on any atom is -0.468 e. The zero-order valence-electron chi connectivity index (χ0n) is 12.5. The lowest BCUT2D eigenvalue weighted by Crippen LogP contribution is -2.57. The first-order valence-electron chi connectivity index (χ1n) is 6.99. The summed E-state index contributed by atoms with van der Waals surface area (Å²) in [4.78, 5) is 12.4. The molecular formula is C14H22BrN3O2. The number of nitrogens with zero attached hydrogens (tertiary/aromatic N) is 2. The number of rotatable bonds is 6. The van der Waals surface area contributed by atoms with E-state index in [-0.39, 0.29) is 5.97 Å². The second-order valence-corrected chi connectivity index (χ2v) is 6.20. The van der Waals surface area contributed by atoms with Crippen molar-refractivity contribution in [3.05, 3.63) is 15.9 Å². The van der Waals surface area contributed by atoms with Crippen LogP contribution in [-0.4, -0.2) is 34.9 Å². The van der Waals surface area contributed by atoms with E-state index in [0.29, 0.717) is 12.5 Å². The van der Waals surface area contributed by atoms with Gasteiger partial charge in [-0.2, -0.15) is 5.10 Å². The van der Waals surface area contributed by atoms with Crippen LogP contribution in [0.1, 0.15) is 31.2 Å². The Labute approximate surface area is 128 Å². The number of hydrogen-bond donors (Lipinski definition) is 1. The van der Waals surface area contributed by atoms with Gasteiger partial charge in [0.1, 0.15) is 5.54 Å². The van der Waals surface area contributed by atoms with Crippen molar-refractivity contribution in [1.29, 1.82) is 0 Å². The van der Waals surface area contributed by atoms with Gasteiger partial charge in [0.2, 0.25) is 0 Å². The van der Waals surface area contributed by atoms with Crippen LogP contribution in [0.5, 0.6) is 0 Å². The summed E-state index contributed by atoms with van der Waals surface area (Å²) >= 11 is 3.53. The van der Waals surface area contributed by atoms with Gasteiger partial charge in [0.15, 0.2) is 0 Å². The molecule has 1 aromatic rings. The molecule has 1 aliphatic rings. The van der Waals surface area contributed by atoms with Crippen molar-refractivity contribution in [1.82, 2.24) is 15.1 Å². The smallest absolute Gasteiger partial charge is 0.328 e. The molecule has 1 saturated carbocycles. The number of likely N-dealkylation sites (N-methyl/N-ethyl adjacent to an activating group) is 1. The summed E-state index contributed by atoms with van der Waals surface area (Å²) in [5, 5.41) is 7.89. The van der Waals surface area contributed by atoms with Crippen molar-refractivity contribution in [2.24, 2.45) is 5.92 Å². The first kappa shape index (κ1) is 15.5. The fourth-order valence-corrected chi connectivity index (χ4v) is 3.06. The quantitative estimate of drug-likeness (QED) is 0.804. The van der Waals surface area contributed by atoms with Gasteiger partial charge >= 0.3 is 5.97 Å². The highest BCUT2D eigenvalue weighted by atomic mass is 79.9. The van der Waals surface area contributed by atoms with E-state index in [4.69, 9.17) is 4.74 Å². The summed E-state index contributed by atoms with van der Waals surface area (Å²) in [6.07, 6.45) is 2.12. The number of carbonyl (C=O) groups excluding carboxylic acids is 1. The molecule has 0 radical (unpaired) electrons. The van der Waals surface area contributed by atoms with Crippen molar-refractivity contribution < 1.29 is 9.53 Å². The Balaban J connectivity index is 2.36. The van der Waals surface area contributed by atoms with Crippen molar-refractivity contribution >= 4 is 21.9 Å². The third-order valence-electron chi connectivity index (χ3n) is 4.01. The summed E-state index contributed by atoms with van der Waals surface area (Å²) in [6.45, 7) is 7.21. The van der Waals surface area contributed by atoms with Crippen LogP contribution >= 0.6 is 15.9 Å². The van der Waals surface area contributed by atoms with Crippen LogP contribution in [0.25, 0.3) is 0 Å². The third-order valence-corrected chi connectivity index (χ3v) is 5.16. The SMILES string of the molecule is CCNC(Cn1nc(C)c(Br)c1C)(C(=O)OC)C1CC1. The van der Waals surface area contributed by atoms with Crippen LogP contribution in [0.15, 0.2) is 4.47 Å². The van der Waals surface area contributed by atoms with Gasteiger partial charge in [-0.15, -0.1) is 0 Å². The molecule has 1 atom stereocenters. The van der Waals surface area contributed by atoms with Crippen molar-refractivity contribution in [3.63, 3.8) is 0 Å². The Hall–Kier alpha value is -0.880. The van der Waals surface area contributed by atoms with Gasteiger partial charge in [0, 0.05) is 5.69 Å². The molecule has 0 aromatic carbocycles. The lowest BCUT2D eigenvalue weighted by Gasteiger charge is -2.32. The van der Waals surface area contributed by atoms with Crippen molar-refractivity contribution in [2.75, 3.05) is 13.7 Å². The van der Waals surface area contributed by atoms with E-state index >= 15 is 0 Å². The Bertz CT molecular complexity index is 511. The minimum atomic E-state index is -0.661. The number of hydrogen-bond acceptors (Lipinski definition) is 4. The molecule has 1 heterocycles. The second-order valence-electron chi connectivity index (χ2n) is 5.41. The number of ether oxygens (including phenoxy) is 1. The van der Waals surface area contributed by atoms with Crippen LogP contribution in [0.3, 0.4) is 0 Å². The van der Waals surface area contributed by atoms with Gasteiger partial charge in [0.05, 0.1) is 23.8 Å². The maximum Gasteiger partial charge on any atom is 0.328 e. The number of esters is 1. The summed E-state index contributed by atoms with van der Waals surface area (Å²) in [5.74, 6) is 0.142. The molecule has 1 aliphatic carbocycles. The molecule has 5 nitrogen and oxygen atoms in total. The molecular weight excluding hydrogens is 322 g/mol. The zero-order chi connectivity index (χ0) is 14.9. The highest BCUT2D eigenvalue weighted by Crippen LogP contribution is 2.41. The number of aromatic nitrogens is 2. The molecule has 0 aliphatic heterocycles. The van der Waals surface area contributed by atoms with Gasteiger partial charge in [-0.25, -0.2) is 4.79 Å². The summed E-state index contributed by atoms with van der Waals surface area (Å²) < 4.78 is 7.97. The molecule has 1 fully saturated rings. The van der Waals surface area contributed by atoms with Crippen molar-refractivity contribution in [2.45, 2.75) is 45.7 Å². The number of carbonyl (C=O) groups is 1. The molecule has 0 spiro atoms. The molecule has 1 unspecified atom stereocenters. The Morgan fingerprint density at radius 2 is 2.20 bits per heavy atom. The van der Waals surface area contributed by atoms with E-state index in [0.717, 1.165) is 35.2 Å². The molecule has 0 amide bonds. The van der Waals surface area contributed by atoms with E-state index in [2.05, 4.69) is 26.3 Å². The van der Waals surface area contributed by atoms with E-state index in [9.17, 15) is 4.79 Å². The van der Waals surface area contributed by atoms with Crippen LogP contribution in [0.4, 0.5) is 0 Å². The predicted molar refractivity (Wildman–Crippen MR) is 80.5 cm³/mol. The Kier molecular flexibility index (Phi) is 4.54. The van der Waals surface area contributed by atoms with E-state index in [1.807, 2.05) is 25.5 Å². The maximum atomic E-state index is 12.4. The minimum absolute atomic E-state index is 0.189. The average Bonchev–Trinajstić information content (AvgIpc) is 3.24. The number of methoxy groups -OCH3 is 1. The number of nitrogens with one attached hydrogen (secondary N) is 1. The fraction of sp³-hybridized carbons (Fsp3) is 0.714. The predicted octanol–water partition coefficient (Wildman–Crippen LogP) is 2.19.